The van der Waals surface area contributed by atoms with Gasteiger partial charge in [-0.1, -0.05) is 29.3 Å². The van der Waals surface area contributed by atoms with Gasteiger partial charge in [0.1, 0.15) is 5.65 Å². The number of rotatable bonds is 3. The highest BCUT2D eigenvalue weighted by Crippen LogP contribution is 2.29. The molecule has 2 heterocycles. The van der Waals surface area contributed by atoms with Crippen molar-refractivity contribution in [1.29, 1.82) is 0 Å². The van der Waals surface area contributed by atoms with E-state index in [0.29, 0.717) is 10.0 Å². The van der Waals surface area contributed by atoms with Crippen LogP contribution in [-0.4, -0.2) is 32.0 Å². The van der Waals surface area contributed by atoms with E-state index in [9.17, 15) is 14.4 Å². The average Bonchev–Trinajstić information content (AvgIpc) is 2.68. The Hall–Kier alpha value is -2.64. The van der Waals surface area contributed by atoms with Crippen LogP contribution in [0.3, 0.4) is 0 Å². The van der Waals surface area contributed by atoms with Crippen LogP contribution in [0.25, 0.3) is 11.0 Å². The normalized spacial score (nSPS) is 12.2. The maximum Gasteiger partial charge on any atom is 0.332 e. The zero-order valence-corrected chi connectivity index (χ0v) is 17.2. The van der Waals surface area contributed by atoms with Crippen molar-refractivity contribution in [3.05, 3.63) is 72.5 Å². The van der Waals surface area contributed by atoms with E-state index >= 15 is 0 Å². The van der Waals surface area contributed by atoms with E-state index < -0.39 is 11.2 Å². The van der Waals surface area contributed by atoms with Crippen LogP contribution in [0.1, 0.15) is 28.9 Å². The van der Waals surface area contributed by atoms with E-state index in [2.05, 4.69) is 4.98 Å². The van der Waals surface area contributed by atoms with Crippen molar-refractivity contribution in [3.63, 3.8) is 0 Å². The third-order valence-corrected chi connectivity index (χ3v) is 5.42. The van der Waals surface area contributed by atoms with Crippen LogP contribution in [0, 0.1) is 0 Å². The summed E-state index contributed by atoms with van der Waals surface area (Å²) >= 11 is 12.2. The summed E-state index contributed by atoms with van der Waals surface area (Å²) in [7, 11) is 4.55. The molecule has 0 spiro atoms. The number of nitrogens with zero attached hydrogens (tertiary/aromatic N) is 4. The van der Waals surface area contributed by atoms with Gasteiger partial charge in [-0.15, -0.1) is 0 Å². The molecule has 3 aromatic rings. The molecule has 0 N–H and O–H groups in total. The van der Waals surface area contributed by atoms with Gasteiger partial charge in [-0.2, -0.15) is 0 Å². The van der Waals surface area contributed by atoms with Crippen molar-refractivity contribution in [3.8, 4) is 0 Å². The number of hydrogen-bond donors (Lipinski definition) is 0. The fraction of sp³-hybridized carbons (Fsp3) is 0.263. The molecule has 7 nitrogen and oxygen atoms in total. The maximum absolute atomic E-state index is 13.0. The van der Waals surface area contributed by atoms with Crippen LogP contribution < -0.4 is 11.2 Å². The lowest BCUT2D eigenvalue weighted by atomic mass is 10.1. The van der Waals surface area contributed by atoms with Gasteiger partial charge in [-0.25, -0.2) is 9.78 Å². The minimum atomic E-state index is -0.503. The second-order valence-corrected chi connectivity index (χ2v) is 7.40. The zero-order valence-electron chi connectivity index (χ0n) is 15.7. The van der Waals surface area contributed by atoms with Gasteiger partial charge in [0.25, 0.3) is 11.5 Å². The van der Waals surface area contributed by atoms with Crippen LogP contribution in [0.2, 0.25) is 10.0 Å². The van der Waals surface area contributed by atoms with Crippen LogP contribution in [0.5, 0.6) is 0 Å². The van der Waals surface area contributed by atoms with Crippen LogP contribution >= 0.6 is 23.2 Å². The highest BCUT2D eigenvalue weighted by Gasteiger charge is 2.22. The summed E-state index contributed by atoms with van der Waals surface area (Å²) in [6.45, 7) is 1.84. The number of carbonyl (C=O) groups is 1. The highest BCUT2D eigenvalue weighted by molar-refractivity contribution is 6.35. The fourth-order valence-electron chi connectivity index (χ4n) is 3.01. The number of aryl methyl sites for hydroxylation is 1. The molecular weight excluding hydrogens is 403 g/mol. The molecule has 146 valence electrons. The van der Waals surface area contributed by atoms with Gasteiger partial charge in [0.2, 0.25) is 0 Å². The lowest BCUT2D eigenvalue weighted by Crippen LogP contribution is -2.37. The van der Waals surface area contributed by atoms with Crippen molar-refractivity contribution in [2.24, 2.45) is 14.1 Å². The molecule has 3 rings (SSSR count). The van der Waals surface area contributed by atoms with E-state index in [0.717, 1.165) is 10.1 Å². The van der Waals surface area contributed by atoms with Crippen LogP contribution in [-0.2, 0) is 14.1 Å². The third-order valence-electron chi connectivity index (χ3n) is 4.85. The summed E-state index contributed by atoms with van der Waals surface area (Å²) in [6, 6.07) is 6.22. The summed E-state index contributed by atoms with van der Waals surface area (Å²) in [5.41, 5.74) is 0.224. The van der Waals surface area contributed by atoms with Crippen molar-refractivity contribution in [2.45, 2.75) is 13.0 Å². The average molecular weight is 421 g/mol. The van der Waals surface area contributed by atoms with Gasteiger partial charge in [-0.3, -0.25) is 18.7 Å². The van der Waals surface area contributed by atoms with Crippen LogP contribution in [0.15, 0.2) is 40.1 Å². The Labute approximate surface area is 170 Å². The molecule has 0 fully saturated rings. The third kappa shape index (κ3) is 3.31. The number of amides is 1. The number of carbonyl (C=O) groups excluding carboxylic acids is 1. The monoisotopic (exact) mass is 420 g/mol. The molecular formula is C19H18Cl2N4O3. The first kappa shape index (κ1) is 20.1. The Balaban J connectivity index is 2.03. The molecule has 1 unspecified atom stereocenters. The quantitative estimate of drug-likeness (QED) is 0.652. The Morgan fingerprint density at radius 2 is 1.82 bits per heavy atom. The fourth-order valence-corrected chi connectivity index (χ4v) is 3.58. The molecule has 1 atom stereocenters. The predicted molar refractivity (Wildman–Crippen MR) is 109 cm³/mol. The first-order valence-electron chi connectivity index (χ1n) is 8.41. The number of aromatic nitrogens is 3. The van der Waals surface area contributed by atoms with Crippen molar-refractivity contribution in [2.75, 3.05) is 7.05 Å². The number of halogens is 2. The van der Waals surface area contributed by atoms with Gasteiger partial charge < -0.3 is 4.90 Å². The topological polar surface area (TPSA) is 77.2 Å². The maximum atomic E-state index is 13.0. The van der Waals surface area contributed by atoms with Gasteiger partial charge >= 0.3 is 5.69 Å². The molecule has 0 radical (unpaired) electrons. The van der Waals surface area contributed by atoms with Gasteiger partial charge in [0.05, 0.1) is 17.0 Å². The molecule has 9 heteroatoms. The molecule has 2 aromatic heterocycles. The van der Waals surface area contributed by atoms with Crippen molar-refractivity contribution >= 4 is 40.1 Å². The van der Waals surface area contributed by atoms with E-state index in [1.165, 1.54) is 35.8 Å². The molecule has 0 bridgehead atoms. The molecule has 1 amide bonds. The Kier molecular flexibility index (Phi) is 5.32. The summed E-state index contributed by atoms with van der Waals surface area (Å²) in [6.07, 6.45) is 1.36. The van der Waals surface area contributed by atoms with Crippen molar-refractivity contribution in [1.82, 2.24) is 19.0 Å². The van der Waals surface area contributed by atoms with Crippen molar-refractivity contribution < 1.29 is 4.79 Å². The predicted octanol–water partition coefficient (Wildman–Crippen LogP) is 2.77. The minimum absolute atomic E-state index is 0.195. The first-order chi connectivity index (χ1) is 13.1. The standard InChI is InChI=1S/C19H18Cl2N4O3/c1-10(13-6-5-12(20)8-15(13)21)23(2)17(26)11-7-14-16(22-9-11)24(3)19(28)25(4)18(14)27/h5-10H,1-4H3. The van der Waals surface area contributed by atoms with E-state index in [-0.39, 0.29) is 28.5 Å². The number of fused-ring (bicyclic) bond motifs is 1. The van der Waals surface area contributed by atoms with Crippen LogP contribution in [0.4, 0.5) is 0 Å². The summed E-state index contributed by atoms with van der Waals surface area (Å²) in [5.74, 6) is -0.330. The summed E-state index contributed by atoms with van der Waals surface area (Å²) < 4.78 is 2.25. The first-order valence-corrected chi connectivity index (χ1v) is 9.17. The lowest BCUT2D eigenvalue weighted by Gasteiger charge is -2.26. The molecule has 1 aromatic carbocycles. The van der Waals surface area contributed by atoms with Gasteiger partial charge in [0.15, 0.2) is 0 Å². The van der Waals surface area contributed by atoms with Gasteiger partial charge in [0, 0.05) is 37.4 Å². The molecule has 0 aliphatic carbocycles. The number of hydrogen-bond acceptors (Lipinski definition) is 4. The minimum Gasteiger partial charge on any atom is -0.335 e. The second kappa shape index (κ2) is 7.41. The Morgan fingerprint density at radius 1 is 1.14 bits per heavy atom. The Morgan fingerprint density at radius 3 is 2.46 bits per heavy atom. The lowest BCUT2D eigenvalue weighted by molar-refractivity contribution is 0.0742. The second-order valence-electron chi connectivity index (χ2n) is 6.56. The van der Waals surface area contributed by atoms with E-state index in [4.69, 9.17) is 23.2 Å². The summed E-state index contributed by atoms with van der Waals surface area (Å²) in [5, 5.41) is 1.16. The zero-order chi connectivity index (χ0) is 20.7. The summed E-state index contributed by atoms with van der Waals surface area (Å²) in [4.78, 5) is 43.1. The largest absolute Gasteiger partial charge is 0.335 e. The van der Waals surface area contributed by atoms with E-state index in [1.54, 1.807) is 25.2 Å². The number of benzene rings is 1. The van der Waals surface area contributed by atoms with Gasteiger partial charge in [-0.05, 0) is 30.7 Å². The highest BCUT2D eigenvalue weighted by atomic mass is 35.5. The molecule has 0 saturated heterocycles. The Bertz CT molecular complexity index is 1220. The molecule has 0 aliphatic rings. The van der Waals surface area contributed by atoms with E-state index in [1.807, 2.05) is 6.92 Å². The molecule has 0 saturated carbocycles. The number of pyridine rings is 1. The smallest absolute Gasteiger partial charge is 0.332 e. The molecule has 0 aliphatic heterocycles. The molecule has 28 heavy (non-hydrogen) atoms. The SMILES string of the molecule is CC(c1ccc(Cl)cc1Cl)N(C)C(=O)c1cnc2c(c1)c(=O)n(C)c(=O)n2C.